The highest BCUT2D eigenvalue weighted by Crippen LogP contribution is 2.29. The van der Waals surface area contributed by atoms with Gasteiger partial charge in [0.05, 0.1) is 17.4 Å². The van der Waals surface area contributed by atoms with E-state index in [1.54, 1.807) is 0 Å². The number of carbonyl (C=O) groups excluding carboxylic acids is 2. The minimum absolute atomic E-state index is 0.00345. The SMILES string of the molecule is CCCCCCCCCCOC(=O)C(C)(C)CCCCCN(CCCO)CCCCCCC(C)(C)C(=O)OC(CCCCCCCC)CCCCCCCC. The van der Waals surface area contributed by atoms with Crippen LogP contribution in [0.25, 0.3) is 0 Å². The first kappa shape index (κ1) is 53.9. The molecule has 0 saturated carbocycles. The van der Waals surface area contributed by atoms with Gasteiger partial charge in [0.1, 0.15) is 6.10 Å². The quantitative estimate of drug-likeness (QED) is 0.0491. The molecular weight excluding hydrogens is 683 g/mol. The Morgan fingerprint density at radius 2 is 0.836 bits per heavy atom. The molecule has 0 amide bonds. The first-order valence-electron chi connectivity index (χ1n) is 24.3. The average molecular weight is 780 g/mol. The number of carbonyl (C=O) groups is 2. The van der Waals surface area contributed by atoms with Crippen molar-refractivity contribution in [3.8, 4) is 0 Å². The van der Waals surface area contributed by atoms with Gasteiger partial charge in [-0.2, -0.15) is 0 Å². The first-order chi connectivity index (χ1) is 26.5. The van der Waals surface area contributed by atoms with Gasteiger partial charge in [-0.25, -0.2) is 0 Å². The normalized spacial score (nSPS) is 12.3. The third-order valence-electron chi connectivity index (χ3n) is 11.8. The molecule has 0 saturated heterocycles. The maximum absolute atomic E-state index is 13.4. The molecule has 0 aromatic rings. The van der Waals surface area contributed by atoms with E-state index in [1.165, 1.54) is 116 Å². The molecule has 0 spiro atoms. The van der Waals surface area contributed by atoms with E-state index in [4.69, 9.17) is 9.47 Å². The van der Waals surface area contributed by atoms with E-state index >= 15 is 0 Å². The Labute approximate surface area is 343 Å². The predicted octanol–water partition coefficient (Wildman–Crippen LogP) is 14.3. The molecule has 6 nitrogen and oxygen atoms in total. The molecule has 0 heterocycles. The molecule has 0 aliphatic carbocycles. The Morgan fingerprint density at radius 3 is 1.31 bits per heavy atom. The topological polar surface area (TPSA) is 76.1 Å². The van der Waals surface area contributed by atoms with Crippen molar-refractivity contribution in [2.75, 3.05) is 32.8 Å². The predicted molar refractivity (Wildman–Crippen MR) is 237 cm³/mol. The Bertz CT molecular complexity index is 842. The number of aliphatic hydroxyl groups excluding tert-OH is 1. The van der Waals surface area contributed by atoms with Crippen molar-refractivity contribution < 1.29 is 24.2 Å². The molecule has 0 fully saturated rings. The van der Waals surface area contributed by atoms with Crippen molar-refractivity contribution in [1.29, 1.82) is 0 Å². The van der Waals surface area contributed by atoms with Gasteiger partial charge in [0.2, 0.25) is 0 Å². The van der Waals surface area contributed by atoms with Crippen molar-refractivity contribution in [2.24, 2.45) is 10.8 Å². The molecule has 0 unspecified atom stereocenters. The van der Waals surface area contributed by atoms with Crippen molar-refractivity contribution in [3.05, 3.63) is 0 Å². The zero-order chi connectivity index (χ0) is 40.9. The molecule has 0 atom stereocenters. The highest BCUT2D eigenvalue weighted by Gasteiger charge is 2.31. The van der Waals surface area contributed by atoms with Crippen LogP contribution in [0.2, 0.25) is 0 Å². The summed E-state index contributed by atoms with van der Waals surface area (Å²) in [6.07, 6.45) is 37.7. The second-order valence-corrected chi connectivity index (χ2v) is 18.4. The summed E-state index contributed by atoms with van der Waals surface area (Å²) in [6, 6.07) is 0. The fourth-order valence-corrected chi connectivity index (χ4v) is 7.64. The lowest BCUT2D eigenvalue weighted by Gasteiger charge is -2.27. The molecule has 0 aliphatic rings. The smallest absolute Gasteiger partial charge is 0.311 e. The maximum Gasteiger partial charge on any atom is 0.311 e. The number of aliphatic hydroxyl groups is 1. The van der Waals surface area contributed by atoms with E-state index in [-0.39, 0.29) is 24.6 Å². The van der Waals surface area contributed by atoms with Crippen LogP contribution < -0.4 is 0 Å². The van der Waals surface area contributed by atoms with Gasteiger partial charge in [-0.15, -0.1) is 0 Å². The molecule has 1 N–H and O–H groups in total. The van der Waals surface area contributed by atoms with Gasteiger partial charge >= 0.3 is 11.9 Å². The van der Waals surface area contributed by atoms with Gasteiger partial charge in [0.15, 0.2) is 0 Å². The third-order valence-corrected chi connectivity index (χ3v) is 11.8. The third kappa shape index (κ3) is 32.5. The molecule has 0 bridgehead atoms. The largest absolute Gasteiger partial charge is 0.465 e. The van der Waals surface area contributed by atoms with E-state index < -0.39 is 10.8 Å². The van der Waals surface area contributed by atoms with Crippen LogP contribution in [0.5, 0.6) is 0 Å². The fraction of sp³-hybridized carbons (Fsp3) is 0.959. The summed E-state index contributed by atoms with van der Waals surface area (Å²) >= 11 is 0. The molecule has 0 aromatic heterocycles. The molecule has 0 rings (SSSR count). The van der Waals surface area contributed by atoms with Crippen LogP contribution >= 0.6 is 0 Å². The molecule has 328 valence electrons. The molecular formula is C49H97NO5. The standard InChI is InChI=1S/C49H97NO5/c1-8-11-14-17-20-21-26-34-44-54-46(52)48(4,5)38-31-27-33-41-50(42-35-43-51)40-32-25-24-30-39-49(6,7)47(53)55-45(36-28-22-18-15-12-9-2)37-29-23-19-16-13-10-3/h45,51H,8-44H2,1-7H3. The summed E-state index contributed by atoms with van der Waals surface area (Å²) in [5, 5.41) is 9.48. The van der Waals surface area contributed by atoms with Crippen LogP contribution in [0.3, 0.4) is 0 Å². The molecule has 0 radical (unpaired) electrons. The van der Waals surface area contributed by atoms with Crippen molar-refractivity contribution >= 4 is 11.9 Å². The number of rotatable bonds is 42. The summed E-state index contributed by atoms with van der Waals surface area (Å²) in [5.41, 5.74) is -0.864. The number of hydrogen-bond donors (Lipinski definition) is 1. The van der Waals surface area contributed by atoms with E-state index in [0.29, 0.717) is 6.61 Å². The van der Waals surface area contributed by atoms with E-state index in [0.717, 1.165) is 110 Å². The summed E-state index contributed by atoms with van der Waals surface area (Å²) in [6.45, 7) is 18.8. The Morgan fingerprint density at radius 1 is 0.473 bits per heavy atom. The summed E-state index contributed by atoms with van der Waals surface area (Å²) < 4.78 is 11.9. The minimum atomic E-state index is -0.438. The van der Waals surface area contributed by atoms with E-state index in [2.05, 4.69) is 39.5 Å². The second-order valence-electron chi connectivity index (χ2n) is 18.4. The van der Waals surface area contributed by atoms with Crippen LogP contribution in [-0.2, 0) is 19.1 Å². The second kappa shape index (κ2) is 37.2. The fourth-order valence-electron chi connectivity index (χ4n) is 7.64. The van der Waals surface area contributed by atoms with Gasteiger partial charge < -0.3 is 19.5 Å². The maximum atomic E-state index is 13.4. The van der Waals surface area contributed by atoms with Gasteiger partial charge in [0.25, 0.3) is 0 Å². The minimum Gasteiger partial charge on any atom is -0.465 e. The van der Waals surface area contributed by atoms with Gasteiger partial charge in [-0.3, -0.25) is 9.59 Å². The molecule has 0 aromatic carbocycles. The average Bonchev–Trinajstić information content (AvgIpc) is 3.16. The molecule has 6 heteroatoms. The van der Waals surface area contributed by atoms with Crippen LogP contribution in [0, 0.1) is 10.8 Å². The Hall–Kier alpha value is -1.14. The lowest BCUT2D eigenvalue weighted by Crippen LogP contribution is -2.31. The van der Waals surface area contributed by atoms with Crippen LogP contribution in [0.15, 0.2) is 0 Å². The van der Waals surface area contributed by atoms with Crippen LogP contribution in [0.1, 0.15) is 254 Å². The highest BCUT2D eigenvalue weighted by atomic mass is 16.5. The first-order valence-corrected chi connectivity index (χ1v) is 24.3. The monoisotopic (exact) mass is 780 g/mol. The van der Waals surface area contributed by atoms with Crippen LogP contribution in [-0.4, -0.2) is 60.9 Å². The van der Waals surface area contributed by atoms with Crippen molar-refractivity contribution in [1.82, 2.24) is 4.90 Å². The lowest BCUT2D eigenvalue weighted by molar-refractivity contribution is -0.161. The van der Waals surface area contributed by atoms with E-state index in [9.17, 15) is 14.7 Å². The summed E-state index contributed by atoms with van der Waals surface area (Å²) in [5.74, 6) is -0.0415. The Balaban J connectivity index is 4.43. The van der Waals surface area contributed by atoms with Gasteiger partial charge in [0, 0.05) is 13.2 Å². The molecule has 55 heavy (non-hydrogen) atoms. The number of esters is 2. The zero-order valence-corrected chi connectivity index (χ0v) is 38.3. The highest BCUT2D eigenvalue weighted by molar-refractivity contribution is 5.76. The number of hydrogen-bond acceptors (Lipinski definition) is 6. The molecule has 0 aliphatic heterocycles. The number of nitrogens with zero attached hydrogens (tertiary/aromatic N) is 1. The van der Waals surface area contributed by atoms with E-state index in [1.807, 2.05) is 13.8 Å². The summed E-state index contributed by atoms with van der Waals surface area (Å²) in [7, 11) is 0. The van der Waals surface area contributed by atoms with Gasteiger partial charge in [-0.1, -0.05) is 162 Å². The lowest BCUT2D eigenvalue weighted by atomic mass is 9.86. The zero-order valence-electron chi connectivity index (χ0n) is 38.3. The number of ether oxygens (including phenoxy) is 2. The van der Waals surface area contributed by atoms with Gasteiger partial charge in [-0.05, 0) is 105 Å². The number of unbranched alkanes of at least 4 members (excludes halogenated alkanes) is 22. The Kier molecular flexibility index (Phi) is 36.4. The van der Waals surface area contributed by atoms with Crippen LogP contribution in [0.4, 0.5) is 0 Å². The van der Waals surface area contributed by atoms with Crippen molar-refractivity contribution in [2.45, 2.75) is 260 Å². The summed E-state index contributed by atoms with van der Waals surface area (Å²) in [4.78, 5) is 28.7. The van der Waals surface area contributed by atoms with Crippen molar-refractivity contribution in [3.63, 3.8) is 0 Å².